The van der Waals surface area contributed by atoms with Crippen LogP contribution in [0.1, 0.15) is 56.7 Å². The molecule has 0 spiro atoms. The predicted octanol–water partition coefficient (Wildman–Crippen LogP) is 3.83. The highest BCUT2D eigenvalue weighted by atomic mass is 32.2. The van der Waals surface area contributed by atoms with Crippen molar-refractivity contribution >= 4 is 27.6 Å². The first-order valence-corrected chi connectivity index (χ1v) is 11.7. The van der Waals surface area contributed by atoms with E-state index in [1.165, 1.54) is 17.5 Å². The first-order chi connectivity index (χ1) is 14.6. The number of amides is 1. The van der Waals surface area contributed by atoms with Gasteiger partial charge in [-0.15, -0.1) is 0 Å². The maximum absolute atomic E-state index is 13.0. The Kier molecular flexibility index (Phi) is 6.81. The molecule has 166 valence electrons. The van der Waals surface area contributed by atoms with Crippen LogP contribution in [-0.2, 0) is 14.8 Å². The van der Waals surface area contributed by atoms with Gasteiger partial charge < -0.3 is 10.1 Å². The molecule has 2 aromatic carbocycles. The average Bonchev–Trinajstić information content (AvgIpc) is 2.76. The first kappa shape index (κ1) is 23.0. The summed E-state index contributed by atoms with van der Waals surface area (Å²) in [5, 5.41) is 2.79. The fourth-order valence-corrected chi connectivity index (χ4v) is 5.26. The zero-order valence-corrected chi connectivity index (χ0v) is 19.1. The fourth-order valence-electron chi connectivity index (χ4n) is 3.71. The summed E-state index contributed by atoms with van der Waals surface area (Å²) in [5.41, 5.74) is 3.35. The Morgan fingerprint density at radius 1 is 0.935 bits per heavy atom. The van der Waals surface area contributed by atoms with Gasteiger partial charge in [0.25, 0.3) is 5.91 Å². The molecule has 1 N–H and O–H groups in total. The molecule has 1 aliphatic rings. The number of carbonyl (C=O) groups excluding carboxylic acids is 2. The predicted molar refractivity (Wildman–Crippen MR) is 119 cm³/mol. The van der Waals surface area contributed by atoms with Crippen molar-refractivity contribution in [2.45, 2.75) is 44.9 Å². The van der Waals surface area contributed by atoms with E-state index in [0.717, 1.165) is 30.4 Å². The second-order valence-corrected chi connectivity index (χ2v) is 9.79. The van der Waals surface area contributed by atoms with Gasteiger partial charge >= 0.3 is 5.97 Å². The average molecular weight is 445 g/mol. The molecule has 0 aromatic heterocycles. The number of sulfonamides is 1. The number of esters is 1. The Morgan fingerprint density at radius 2 is 1.61 bits per heavy atom. The van der Waals surface area contributed by atoms with Crippen LogP contribution in [0.2, 0.25) is 0 Å². The summed E-state index contributed by atoms with van der Waals surface area (Å²) in [6, 6.07) is 7.95. The molecule has 0 aliphatic carbocycles. The highest BCUT2D eigenvalue weighted by Crippen LogP contribution is 2.25. The largest absolute Gasteiger partial charge is 0.465 e. The lowest BCUT2D eigenvalue weighted by Gasteiger charge is -2.26. The number of aryl methyl sites for hydroxylation is 2. The van der Waals surface area contributed by atoms with Crippen LogP contribution in [0.5, 0.6) is 0 Å². The number of hydrogen-bond donors (Lipinski definition) is 1. The van der Waals surface area contributed by atoms with Crippen LogP contribution in [0.15, 0.2) is 35.2 Å². The lowest BCUT2D eigenvalue weighted by atomic mass is 10.0. The maximum Gasteiger partial charge on any atom is 0.338 e. The van der Waals surface area contributed by atoms with E-state index >= 15 is 0 Å². The van der Waals surface area contributed by atoms with Crippen molar-refractivity contribution in [3.8, 4) is 0 Å². The van der Waals surface area contributed by atoms with Gasteiger partial charge in [0, 0.05) is 24.3 Å². The molecule has 2 aromatic rings. The molecule has 8 heteroatoms. The van der Waals surface area contributed by atoms with Gasteiger partial charge in [-0.25, -0.2) is 13.2 Å². The van der Waals surface area contributed by atoms with Gasteiger partial charge in [0.15, 0.2) is 0 Å². The monoisotopic (exact) mass is 444 g/mol. The summed E-state index contributed by atoms with van der Waals surface area (Å²) in [4.78, 5) is 25.2. The minimum Gasteiger partial charge on any atom is -0.465 e. The minimum atomic E-state index is -3.65. The zero-order valence-electron chi connectivity index (χ0n) is 18.3. The van der Waals surface area contributed by atoms with Crippen molar-refractivity contribution < 1.29 is 22.7 Å². The maximum atomic E-state index is 13.0. The van der Waals surface area contributed by atoms with Crippen LogP contribution in [0.4, 0.5) is 5.69 Å². The lowest BCUT2D eigenvalue weighted by Crippen LogP contribution is -2.35. The minimum absolute atomic E-state index is 0.112. The van der Waals surface area contributed by atoms with Crippen molar-refractivity contribution in [2.24, 2.45) is 0 Å². The van der Waals surface area contributed by atoms with Crippen molar-refractivity contribution in [3.05, 3.63) is 58.1 Å². The van der Waals surface area contributed by atoms with E-state index < -0.39 is 21.9 Å². The zero-order chi connectivity index (χ0) is 22.8. The smallest absolute Gasteiger partial charge is 0.338 e. The Balaban J connectivity index is 1.92. The van der Waals surface area contributed by atoms with Crippen LogP contribution >= 0.6 is 0 Å². The molecule has 3 rings (SSSR count). The van der Waals surface area contributed by atoms with Gasteiger partial charge in [-0.1, -0.05) is 12.5 Å². The third-order valence-corrected chi connectivity index (χ3v) is 7.63. The third-order valence-electron chi connectivity index (χ3n) is 5.74. The SMILES string of the molecule is COC(=O)c1cc(NC(=O)c2cc(S(=O)(=O)N3CCCCC3)ccc2C)cc(C)c1C. The number of hydrogen-bond acceptors (Lipinski definition) is 5. The summed E-state index contributed by atoms with van der Waals surface area (Å²) < 4.78 is 32.3. The summed E-state index contributed by atoms with van der Waals surface area (Å²) in [6.45, 7) is 6.40. The number of piperidine rings is 1. The molecule has 0 unspecified atom stereocenters. The molecule has 1 aliphatic heterocycles. The molecule has 31 heavy (non-hydrogen) atoms. The standard InChI is InChI=1S/C23H28N2O5S/c1-15-8-9-19(31(28,29)25-10-6-5-7-11-25)14-20(15)22(26)24-18-12-16(2)17(3)21(13-18)23(27)30-4/h8-9,12-14H,5-7,10-11H2,1-4H3,(H,24,26). The van der Waals surface area contributed by atoms with Crippen molar-refractivity contribution in [1.82, 2.24) is 4.31 Å². The normalized spacial score (nSPS) is 14.8. The van der Waals surface area contributed by atoms with Crippen LogP contribution in [0, 0.1) is 20.8 Å². The number of methoxy groups -OCH3 is 1. The van der Waals surface area contributed by atoms with E-state index in [-0.39, 0.29) is 10.5 Å². The van der Waals surface area contributed by atoms with Crippen LogP contribution in [0.3, 0.4) is 0 Å². The number of ether oxygens (including phenoxy) is 1. The molecule has 0 saturated carbocycles. The molecule has 0 radical (unpaired) electrons. The third kappa shape index (κ3) is 4.80. The molecular weight excluding hydrogens is 416 g/mol. The van der Waals surface area contributed by atoms with E-state index in [2.05, 4.69) is 5.32 Å². The summed E-state index contributed by atoms with van der Waals surface area (Å²) in [5.74, 6) is -0.922. The fraction of sp³-hybridized carbons (Fsp3) is 0.391. The number of benzene rings is 2. The number of nitrogens with zero attached hydrogens (tertiary/aromatic N) is 1. The lowest BCUT2D eigenvalue weighted by molar-refractivity contribution is 0.0599. The summed E-state index contributed by atoms with van der Waals surface area (Å²) in [7, 11) is -2.34. The van der Waals surface area contributed by atoms with E-state index in [1.807, 2.05) is 13.8 Å². The van der Waals surface area contributed by atoms with Gasteiger partial charge in [0.2, 0.25) is 10.0 Å². The molecule has 1 fully saturated rings. The Hall–Kier alpha value is -2.71. The number of rotatable bonds is 5. The molecule has 1 saturated heterocycles. The second-order valence-electron chi connectivity index (χ2n) is 7.85. The number of anilines is 1. The molecule has 1 heterocycles. The van der Waals surface area contributed by atoms with Crippen LogP contribution in [-0.4, -0.2) is 44.8 Å². The van der Waals surface area contributed by atoms with Gasteiger partial charge in [-0.05, 0) is 74.6 Å². The first-order valence-electron chi connectivity index (χ1n) is 10.3. The van der Waals surface area contributed by atoms with Crippen molar-refractivity contribution in [3.63, 3.8) is 0 Å². The Morgan fingerprint density at radius 3 is 2.26 bits per heavy atom. The molecule has 7 nitrogen and oxygen atoms in total. The van der Waals surface area contributed by atoms with Gasteiger partial charge in [-0.2, -0.15) is 4.31 Å². The highest BCUT2D eigenvalue weighted by molar-refractivity contribution is 7.89. The highest BCUT2D eigenvalue weighted by Gasteiger charge is 2.27. The van der Waals surface area contributed by atoms with Gasteiger partial charge in [0.1, 0.15) is 0 Å². The second kappa shape index (κ2) is 9.20. The summed E-state index contributed by atoms with van der Waals surface area (Å²) in [6.07, 6.45) is 2.71. The number of carbonyl (C=O) groups is 2. The molecule has 0 atom stereocenters. The van der Waals surface area contributed by atoms with Crippen molar-refractivity contribution in [2.75, 3.05) is 25.5 Å². The number of nitrogens with one attached hydrogen (secondary N) is 1. The van der Waals surface area contributed by atoms with E-state index in [9.17, 15) is 18.0 Å². The van der Waals surface area contributed by atoms with Crippen LogP contribution < -0.4 is 5.32 Å². The van der Waals surface area contributed by atoms with Gasteiger partial charge in [0.05, 0.1) is 17.6 Å². The van der Waals surface area contributed by atoms with Gasteiger partial charge in [-0.3, -0.25) is 4.79 Å². The molecule has 0 bridgehead atoms. The van der Waals surface area contributed by atoms with E-state index in [0.29, 0.717) is 29.9 Å². The molecule has 1 amide bonds. The quantitative estimate of drug-likeness (QED) is 0.708. The topological polar surface area (TPSA) is 92.8 Å². The van der Waals surface area contributed by atoms with E-state index in [1.54, 1.807) is 31.2 Å². The van der Waals surface area contributed by atoms with Crippen molar-refractivity contribution in [1.29, 1.82) is 0 Å². The molecular formula is C23H28N2O5S. The Labute approximate surface area is 183 Å². The van der Waals surface area contributed by atoms with Crippen LogP contribution in [0.25, 0.3) is 0 Å². The van der Waals surface area contributed by atoms with E-state index in [4.69, 9.17) is 4.74 Å². The summed E-state index contributed by atoms with van der Waals surface area (Å²) >= 11 is 0. The Bertz CT molecular complexity index is 1120.